The van der Waals surface area contributed by atoms with E-state index in [2.05, 4.69) is 43.3 Å². The van der Waals surface area contributed by atoms with Gasteiger partial charge in [-0.2, -0.15) is 0 Å². The Balaban J connectivity index is 2.05. The molecule has 0 bridgehead atoms. The Kier molecular flexibility index (Phi) is 4.58. The van der Waals surface area contributed by atoms with Gasteiger partial charge in [0.1, 0.15) is 12.4 Å². The normalized spacial score (nSPS) is 10.7. The molecular weight excluding hydrogens is 250 g/mol. The highest BCUT2D eigenvalue weighted by Crippen LogP contribution is 2.24. The minimum Gasteiger partial charge on any atom is -0.487 e. The number of aromatic nitrogens is 1. The highest BCUT2D eigenvalue weighted by atomic mass is 16.5. The lowest BCUT2D eigenvalue weighted by atomic mass is 9.98. The lowest BCUT2D eigenvalue weighted by Gasteiger charge is -2.12. The SMILES string of the molecule is Cc1cc(OCc2cc(NN)ccn2)ccc1C(C)C. The van der Waals surface area contributed by atoms with Crippen LogP contribution in [0.3, 0.4) is 0 Å². The van der Waals surface area contributed by atoms with Crippen LogP contribution < -0.4 is 16.0 Å². The largest absolute Gasteiger partial charge is 0.487 e. The number of nitrogens with one attached hydrogen (secondary N) is 1. The van der Waals surface area contributed by atoms with Crippen LogP contribution in [-0.2, 0) is 6.61 Å². The Bertz CT molecular complexity index is 582. The Morgan fingerprint density at radius 3 is 2.70 bits per heavy atom. The molecule has 1 aromatic heterocycles. The van der Waals surface area contributed by atoms with Gasteiger partial charge < -0.3 is 10.2 Å². The van der Waals surface area contributed by atoms with E-state index >= 15 is 0 Å². The van der Waals surface area contributed by atoms with Gasteiger partial charge in [0, 0.05) is 6.20 Å². The van der Waals surface area contributed by atoms with E-state index in [1.807, 2.05) is 18.2 Å². The van der Waals surface area contributed by atoms with Crippen molar-refractivity contribution in [1.82, 2.24) is 4.98 Å². The van der Waals surface area contributed by atoms with Crippen molar-refractivity contribution >= 4 is 5.69 Å². The van der Waals surface area contributed by atoms with Crippen LogP contribution in [0.15, 0.2) is 36.5 Å². The first kappa shape index (κ1) is 14.3. The zero-order valence-electron chi connectivity index (χ0n) is 12.2. The van der Waals surface area contributed by atoms with Crippen LogP contribution in [0.4, 0.5) is 5.69 Å². The van der Waals surface area contributed by atoms with E-state index < -0.39 is 0 Å². The molecule has 1 heterocycles. The third-order valence-corrected chi connectivity index (χ3v) is 3.23. The number of hydrogen-bond donors (Lipinski definition) is 2. The molecule has 0 amide bonds. The van der Waals surface area contributed by atoms with Gasteiger partial charge in [0.15, 0.2) is 0 Å². The molecule has 2 rings (SSSR count). The van der Waals surface area contributed by atoms with Gasteiger partial charge in [-0.3, -0.25) is 10.8 Å². The second kappa shape index (κ2) is 6.39. The summed E-state index contributed by atoms with van der Waals surface area (Å²) in [5, 5.41) is 0. The van der Waals surface area contributed by atoms with Gasteiger partial charge in [0.05, 0.1) is 11.4 Å². The van der Waals surface area contributed by atoms with Gasteiger partial charge in [-0.25, -0.2) is 0 Å². The summed E-state index contributed by atoms with van der Waals surface area (Å²) in [7, 11) is 0. The molecule has 0 aliphatic heterocycles. The summed E-state index contributed by atoms with van der Waals surface area (Å²) in [4.78, 5) is 4.25. The predicted molar refractivity (Wildman–Crippen MR) is 81.6 cm³/mol. The van der Waals surface area contributed by atoms with E-state index in [-0.39, 0.29) is 0 Å². The molecule has 20 heavy (non-hydrogen) atoms. The Morgan fingerprint density at radius 2 is 2.05 bits per heavy atom. The average Bonchev–Trinajstić information content (AvgIpc) is 2.45. The highest BCUT2D eigenvalue weighted by Gasteiger charge is 2.05. The third-order valence-electron chi connectivity index (χ3n) is 3.23. The van der Waals surface area contributed by atoms with Crippen molar-refractivity contribution in [2.45, 2.75) is 33.3 Å². The molecule has 2 aromatic rings. The number of aryl methyl sites for hydroxylation is 1. The van der Waals surface area contributed by atoms with Gasteiger partial charge in [0.2, 0.25) is 0 Å². The molecule has 0 saturated heterocycles. The molecule has 0 atom stereocenters. The number of nitrogens with two attached hydrogens (primary N) is 1. The molecule has 3 N–H and O–H groups in total. The molecule has 4 heteroatoms. The molecule has 0 aliphatic carbocycles. The average molecular weight is 271 g/mol. The Morgan fingerprint density at radius 1 is 1.25 bits per heavy atom. The second-order valence-corrected chi connectivity index (χ2v) is 5.14. The van der Waals surface area contributed by atoms with Gasteiger partial charge in [-0.1, -0.05) is 19.9 Å². The number of benzene rings is 1. The Labute approximate surface area is 120 Å². The van der Waals surface area contributed by atoms with Gasteiger partial charge in [-0.05, 0) is 48.2 Å². The van der Waals surface area contributed by atoms with Gasteiger partial charge in [0.25, 0.3) is 0 Å². The van der Waals surface area contributed by atoms with Crippen molar-refractivity contribution in [2.75, 3.05) is 5.43 Å². The van der Waals surface area contributed by atoms with Crippen LogP contribution in [0.5, 0.6) is 5.75 Å². The van der Waals surface area contributed by atoms with Crippen LogP contribution in [0.2, 0.25) is 0 Å². The number of anilines is 1. The minimum absolute atomic E-state index is 0.427. The number of rotatable bonds is 5. The maximum absolute atomic E-state index is 5.78. The quantitative estimate of drug-likeness (QED) is 0.646. The first-order chi connectivity index (χ1) is 9.60. The van der Waals surface area contributed by atoms with Crippen molar-refractivity contribution in [3.63, 3.8) is 0 Å². The zero-order valence-corrected chi connectivity index (χ0v) is 12.2. The van der Waals surface area contributed by atoms with Gasteiger partial charge >= 0.3 is 0 Å². The van der Waals surface area contributed by atoms with Gasteiger partial charge in [-0.15, -0.1) is 0 Å². The van der Waals surface area contributed by atoms with Crippen molar-refractivity contribution in [3.8, 4) is 5.75 Å². The van der Waals surface area contributed by atoms with E-state index in [4.69, 9.17) is 10.6 Å². The third kappa shape index (κ3) is 3.48. The van der Waals surface area contributed by atoms with Crippen LogP contribution in [0.25, 0.3) is 0 Å². The standard InChI is InChI=1S/C16H21N3O/c1-11(2)16-5-4-15(8-12(16)3)20-10-14-9-13(19-17)6-7-18-14/h4-9,11H,10,17H2,1-3H3,(H,18,19). The van der Waals surface area contributed by atoms with E-state index in [0.29, 0.717) is 12.5 Å². The van der Waals surface area contributed by atoms with Crippen molar-refractivity contribution in [1.29, 1.82) is 0 Å². The van der Waals surface area contributed by atoms with Crippen molar-refractivity contribution in [3.05, 3.63) is 53.3 Å². The zero-order chi connectivity index (χ0) is 14.5. The summed E-state index contributed by atoms with van der Waals surface area (Å²) in [6, 6.07) is 9.88. The highest BCUT2D eigenvalue weighted by molar-refractivity contribution is 5.41. The van der Waals surface area contributed by atoms with E-state index in [9.17, 15) is 0 Å². The Hall–Kier alpha value is -2.07. The number of pyridine rings is 1. The molecule has 106 valence electrons. The molecule has 0 aliphatic rings. The summed E-state index contributed by atoms with van der Waals surface area (Å²) in [5.74, 6) is 6.76. The predicted octanol–water partition coefficient (Wildman–Crippen LogP) is 3.38. The summed E-state index contributed by atoms with van der Waals surface area (Å²) in [6.45, 7) is 6.92. The van der Waals surface area contributed by atoms with Crippen LogP contribution in [-0.4, -0.2) is 4.98 Å². The summed E-state index contributed by atoms with van der Waals surface area (Å²) in [5.41, 5.74) is 6.87. The topological polar surface area (TPSA) is 60.2 Å². The number of nitrogens with zero attached hydrogens (tertiary/aromatic N) is 1. The number of hydrazine groups is 1. The summed E-state index contributed by atoms with van der Waals surface area (Å²) in [6.07, 6.45) is 1.71. The molecule has 4 nitrogen and oxygen atoms in total. The fourth-order valence-electron chi connectivity index (χ4n) is 2.19. The maximum atomic E-state index is 5.78. The van der Waals surface area contributed by atoms with Crippen LogP contribution in [0.1, 0.15) is 36.6 Å². The molecular formula is C16H21N3O. The van der Waals surface area contributed by atoms with E-state index in [1.165, 1.54) is 11.1 Å². The fourth-order valence-corrected chi connectivity index (χ4v) is 2.19. The van der Waals surface area contributed by atoms with Crippen molar-refractivity contribution < 1.29 is 4.74 Å². The number of hydrogen-bond acceptors (Lipinski definition) is 4. The number of nitrogen functional groups attached to an aromatic ring is 1. The summed E-state index contributed by atoms with van der Waals surface area (Å²) < 4.78 is 5.78. The molecule has 0 saturated carbocycles. The first-order valence-electron chi connectivity index (χ1n) is 6.75. The van der Waals surface area contributed by atoms with E-state index in [0.717, 1.165) is 17.1 Å². The molecule has 1 aromatic carbocycles. The second-order valence-electron chi connectivity index (χ2n) is 5.14. The van der Waals surface area contributed by atoms with E-state index in [1.54, 1.807) is 6.20 Å². The maximum Gasteiger partial charge on any atom is 0.130 e. The lowest BCUT2D eigenvalue weighted by Crippen LogP contribution is -2.08. The molecule has 0 spiro atoms. The number of ether oxygens (including phenoxy) is 1. The van der Waals surface area contributed by atoms with Crippen LogP contribution >= 0.6 is 0 Å². The molecule has 0 radical (unpaired) electrons. The smallest absolute Gasteiger partial charge is 0.130 e. The molecule has 0 fully saturated rings. The molecule has 0 unspecified atom stereocenters. The lowest BCUT2D eigenvalue weighted by molar-refractivity contribution is 0.301. The monoisotopic (exact) mass is 271 g/mol. The van der Waals surface area contributed by atoms with Crippen LogP contribution in [0, 0.1) is 6.92 Å². The fraction of sp³-hybridized carbons (Fsp3) is 0.312. The minimum atomic E-state index is 0.427. The van der Waals surface area contributed by atoms with Crippen molar-refractivity contribution in [2.24, 2.45) is 5.84 Å². The first-order valence-corrected chi connectivity index (χ1v) is 6.75. The summed E-state index contributed by atoms with van der Waals surface area (Å²) >= 11 is 0.